The van der Waals surface area contributed by atoms with Gasteiger partial charge in [0.25, 0.3) is 5.91 Å². The molecule has 2 aliphatic heterocycles. The van der Waals surface area contributed by atoms with Crippen molar-refractivity contribution < 1.29 is 22.8 Å². The topological polar surface area (TPSA) is 104 Å². The van der Waals surface area contributed by atoms with Crippen LogP contribution >= 0.6 is 0 Å². The second-order valence-electron chi connectivity index (χ2n) is 8.73. The van der Waals surface area contributed by atoms with Crippen LogP contribution in [0.3, 0.4) is 0 Å². The second-order valence-corrected chi connectivity index (χ2v) is 11.0. The van der Waals surface area contributed by atoms with Crippen molar-refractivity contribution in [3.8, 4) is 0 Å². The Bertz CT molecular complexity index is 960. The summed E-state index contributed by atoms with van der Waals surface area (Å²) in [4.78, 5) is 41.1. The molecule has 30 heavy (non-hydrogen) atoms. The van der Waals surface area contributed by atoms with Gasteiger partial charge in [-0.15, -0.1) is 0 Å². The maximum atomic E-state index is 13.0. The summed E-state index contributed by atoms with van der Waals surface area (Å²) in [5.74, 6) is -0.721. The lowest BCUT2D eigenvalue weighted by atomic mass is 9.93. The van der Waals surface area contributed by atoms with Gasteiger partial charge in [-0.25, -0.2) is 13.2 Å². The number of carbonyl (C=O) groups excluding carboxylic acids is 3. The van der Waals surface area contributed by atoms with Crippen LogP contribution in [0.5, 0.6) is 0 Å². The highest BCUT2D eigenvalue weighted by atomic mass is 32.2. The average Bonchev–Trinajstić information content (AvgIpc) is 3.43. The first kappa shape index (κ1) is 20.8. The van der Waals surface area contributed by atoms with E-state index in [1.807, 2.05) is 30.3 Å². The van der Waals surface area contributed by atoms with E-state index in [4.69, 9.17) is 0 Å². The average molecular weight is 434 g/mol. The number of carbonyl (C=O) groups is 3. The molecule has 162 valence electrons. The summed E-state index contributed by atoms with van der Waals surface area (Å²) >= 11 is 0. The number of aryl methyl sites for hydroxylation is 1. The summed E-state index contributed by atoms with van der Waals surface area (Å²) in [6, 6.07) is 8.78. The molecule has 8 nitrogen and oxygen atoms in total. The van der Waals surface area contributed by atoms with E-state index < -0.39 is 27.3 Å². The molecule has 2 saturated heterocycles. The normalized spacial score (nSPS) is 27.9. The van der Waals surface area contributed by atoms with Gasteiger partial charge in [-0.2, -0.15) is 0 Å². The number of rotatable bonds is 7. The van der Waals surface area contributed by atoms with Gasteiger partial charge < -0.3 is 10.2 Å². The van der Waals surface area contributed by atoms with Gasteiger partial charge in [0.2, 0.25) is 5.91 Å². The zero-order valence-electron chi connectivity index (χ0n) is 17.0. The number of hydrogen-bond donors (Lipinski definition) is 1. The lowest BCUT2D eigenvalue weighted by Gasteiger charge is -2.29. The maximum absolute atomic E-state index is 13.0. The molecule has 0 spiro atoms. The largest absolute Gasteiger partial charge is 0.334 e. The standard InChI is InChI=1S/C21H27N3O5S/c1-21(11-9-15-5-3-2-4-6-15)19(26)23(20(27)22-21)13-18(25)24(16-7-8-16)17-10-12-30(28,29)14-17/h2-6,16-17H,7-14H2,1H3,(H,22,27)/t17-,21+/m0/s1. The number of amides is 4. The second kappa shape index (κ2) is 7.68. The Morgan fingerprint density at radius 2 is 1.87 bits per heavy atom. The minimum atomic E-state index is -3.13. The lowest BCUT2D eigenvalue weighted by Crippen LogP contribution is -2.49. The molecule has 4 amide bonds. The fourth-order valence-corrected chi connectivity index (χ4v) is 6.08. The van der Waals surface area contributed by atoms with Crippen molar-refractivity contribution >= 4 is 27.7 Å². The van der Waals surface area contributed by atoms with Crippen molar-refractivity contribution in [3.63, 3.8) is 0 Å². The van der Waals surface area contributed by atoms with Gasteiger partial charge in [-0.05, 0) is 44.6 Å². The van der Waals surface area contributed by atoms with E-state index in [9.17, 15) is 22.8 Å². The Balaban J connectivity index is 1.42. The van der Waals surface area contributed by atoms with Crippen molar-refractivity contribution in [1.82, 2.24) is 15.1 Å². The summed E-state index contributed by atoms with van der Waals surface area (Å²) in [6.07, 6.45) is 3.13. The molecule has 2 heterocycles. The summed E-state index contributed by atoms with van der Waals surface area (Å²) in [7, 11) is -3.13. The van der Waals surface area contributed by atoms with Crippen molar-refractivity contribution in [2.45, 2.75) is 56.7 Å². The number of benzene rings is 1. The molecule has 1 aromatic carbocycles. The predicted octanol–water partition coefficient (Wildman–Crippen LogP) is 1.11. The van der Waals surface area contributed by atoms with Crippen LogP contribution < -0.4 is 5.32 Å². The maximum Gasteiger partial charge on any atom is 0.325 e. The zero-order valence-corrected chi connectivity index (χ0v) is 17.9. The molecule has 0 radical (unpaired) electrons. The van der Waals surface area contributed by atoms with Crippen molar-refractivity contribution in [2.75, 3.05) is 18.1 Å². The highest BCUT2D eigenvalue weighted by Gasteiger charge is 2.49. The van der Waals surface area contributed by atoms with Crippen LogP contribution in [0.4, 0.5) is 4.79 Å². The zero-order chi connectivity index (χ0) is 21.5. The van der Waals surface area contributed by atoms with E-state index in [-0.39, 0.29) is 36.0 Å². The number of urea groups is 1. The van der Waals surface area contributed by atoms with Gasteiger partial charge in [0.15, 0.2) is 9.84 Å². The van der Waals surface area contributed by atoms with Crippen LogP contribution in [0.15, 0.2) is 30.3 Å². The van der Waals surface area contributed by atoms with Crippen molar-refractivity contribution in [2.24, 2.45) is 0 Å². The third-order valence-corrected chi connectivity index (χ3v) is 7.98. The Morgan fingerprint density at radius 3 is 2.47 bits per heavy atom. The first-order chi connectivity index (χ1) is 14.2. The van der Waals surface area contributed by atoms with E-state index >= 15 is 0 Å². The summed E-state index contributed by atoms with van der Waals surface area (Å²) in [5, 5.41) is 2.74. The molecule has 0 aromatic heterocycles. The van der Waals surface area contributed by atoms with Crippen LogP contribution in [0.1, 0.15) is 38.2 Å². The number of sulfone groups is 1. The van der Waals surface area contributed by atoms with E-state index in [0.717, 1.165) is 23.3 Å². The number of nitrogens with one attached hydrogen (secondary N) is 1. The van der Waals surface area contributed by atoms with Gasteiger partial charge >= 0.3 is 6.03 Å². The molecule has 1 N–H and O–H groups in total. The summed E-state index contributed by atoms with van der Waals surface area (Å²) in [5.41, 5.74) is 0.00607. The Labute approximate surface area is 176 Å². The fraction of sp³-hybridized carbons (Fsp3) is 0.571. The molecule has 1 aliphatic carbocycles. The quantitative estimate of drug-likeness (QED) is 0.649. The van der Waals surface area contributed by atoms with Gasteiger partial charge in [-0.3, -0.25) is 14.5 Å². The number of nitrogens with zero attached hydrogens (tertiary/aromatic N) is 2. The Kier molecular flexibility index (Phi) is 5.34. The van der Waals surface area contributed by atoms with E-state index in [1.165, 1.54) is 0 Å². The molecule has 0 unspecified atom stereocenters. The number of hydrogen-bond acceptors (Lipinski definition) is 5. The third-order valence-electron chi connectivity index (χ3n) is 6.23. The van der Waals surface area contributed by atoms with Crippen LogP contribution in [0.25, 0.3) is 0 Å². The minimum absolute atomic E-state index is 0.0148. The molecule has 1 aromatic rings. The fourth-order valence-electron chi connectivity index (χ4n) is 4.37. The third kappa shape index (κ3) is 4.21. The van der Waals surface area contributed by atoms with Gasteiger partial charge in [0.05, 0.1) is 11.5 Å². The van der Waals surface area contributed by atoms with E-state index in [2.05, 4.69) is 5.32 Å². The van der Waals surface area contributed by atoms with Crippen LogP contribution in [-0.4, -0.2) is 71.7 Å². The predicted molar refractivity (Wildman–Crippen MR) is 110 cm³/mol. The number of imide groups is 1. The van der Waals surface area contributed by atoms with Crippen LogP contribution in [0.2, 0.25) is 0 Å². The molecule has 1 saturated carbocycles. The van der Waals surface area contributed by atoms with Crippen LogP contribution in [-0.2, 0) is 25.8 Å². The molecular weight excluding hydrogens is 406 g/mol. The minimum Gasteiger partial charge on any atom is -0.334 e. The van der Waals surface area contributed by atoms with Gasteiger partial charge in [0, 0.05) is 12.1 Å². The van der Waals surface area contributed by atoms with Crippen molar-refractivity contribution in [1.29, 1.82) is 0 Å². The molecule has 3 fully saturated rings. The molecule has 2 atom stereocenters. The van der Waals surface area contributed by atoms with Crippen molar-refractivity contribution in [3.05, 3.63) is 35.9 Å². The first-order valence-electron chi connectivity index (χ1n) is 10.4. The first-order valence-corrected chi connectivity index (χ1v) is 12.2. The summed E-state index contributed by atoms with van der Waals surface area (Å²) in [6.45, 7) is 1.33. The SMILES string of the molecule is C[C@]1(CCc2ccccc2)NC(=O)N(CC(=O)N(C2CC2)[C@H]2CCS(=O)(=O)C2)C1=O. The smallest absolute Gasteiger partial charge is 0.325 e. The Morgan fingerprint density at radius 1 is 1.17 bits per heavy atom. The van der Waals surface area contributed by atoms with Gasteiger partial charge in [0.1, 0.15) is 12.1 Å². The van der Waals surface area contributed by atoms with Crippen LogP contribution in [0, 0.1) is 0 Å². The Hall–Kier alpha value is -2.42. The van der Waals surface area contributed by atoms with E-state index in [0.29, 0.717) is 19.3 Å². The monoisotopic (exact) mass is 433 g/mol. The molecule has 9 heteroatoms. The van der Waals surface area contributed by atoms with E-state index in [1.54, 1.807) is 11.8 Å². The molecule has 0 bridgehead atoms. The molecular formula is C21H27N3O5S. The molecule has 4 rings (SSSR count). The highest BCUT2D eigenvalue weighted by Crippen LogP contribution is 2.33. The lowest BCUT2D eigenvalue weighted by molar-refractivity contribution is -0.140. The summed E-state index contributed by atoms with van der Waals surface area (Å²) < 4.78 is 23.7. The molecule has 3 aliphatic rings. The van der Waals surface area contributed by atoms with Gasteiger partial charge in [-0.1, -0.05) is 30.3 Å². The highest BCUT2D eigenvalue weighted by molar-refractivity contribution is 7.91.